The number of halogens is 2. The number of hydrogen-bond donors (Lipinski definition) is 0. The van der Waals surface area contributed by atoms with Gasteiger partial charge in [0.1, 0.15) is 11.6 Å². The summed E-state index contributed by atoms with van der Waals surface area (Å²) in [6.45, 7) is -2.79. The molecule has 3 rings (SSSR count). The summed E-state index contributed by atoms with van der Waals surface area (Å²) in [5.74, 6) is 1.75. The molecule has 0 spiro atoms. The molecule has 0 atom stereocenters. The van der Waals surface area contributed by atoms with Gasteiger partial charge in [0.25, 0.3) is 0 Å². The van der Waals surface area contributed by atoms with Gasteiger partial charge in [0.05, 0.1) is 0 Å². The van der Waals surface area contributed by atoms with Gasteiger partial charge < -0.3 is 9.30 Å². The lowest BCUT2D eigenvalue weighted by Crippen LogP contribution is -2.02. The van der Waals surface area contributed by atoms with Crippen molar-refractivity contribution < 1.29 is 13.5 Å². The maximum absolute atomic E-state index is 12.0. The summed E-state index contributed by atoms with van der Waals surface area (Å²) in [6.07, 6.45) is 5.99. The summed E-state index contributed by atoms with van der Waals surface area (Å²) in [5, 5.41) is 0. The zero-order valence-corrected chi connectivity index (χ0v) is 9.59. The summed E-state index contributed by atoms with van der Waals surface area (Å²) >= 11 is 0. The van der Waals surface area contributed by atoms with E-state index in [1.807, 2.05) is 10.8 Å². The molecule has 1 fully saturated rings. The maximum atomic E-state index is 12.0. The predicted molar refractivity (Wildman–Crippen MR) is 62.2 cm³/mol. The lowest BCUT2D eigenvalue weighted by atomic mass is 10.3. The molecule has 1 heterocycles. The first-order chi connectivity index (χ1) is 8.74. The van der Waals surface area contributed by atoms with Gasteiger partial charge in [-0.05, 0) is 37.1 Å². The first-order valence-corrected chi connectivity index (χ1v) is 5.82. The van der Waals surface area contributed by atoms with Gasteiger partial charge in [0, 0.05) is 24.0 Å². The van der Waals surface area contributed by atoms with E-state index in [1.165, 1.54) is 25.0 Å². The summed E-state index contributed by atoms with van der Waals surface area (Å²) in [5.41, 5.74) is 0.913. The number of alkyl halides is 2. The fraction of sp³-hybridized carbons (Fsp3) is 0.308. The number of ether oxygens (including phenoxy) is 1. The van der Waals surface area contributed by atoms with Crippen LogP contribution in [0.2, 0.25) is 0 Å². The summed E-state index contributed by atoms with van der Waals surface area (Å²) in [4.78, 5) is 4.34. The van der Waals surface area contributed by atoms with Crippen molar-refractivity contribution in [2.75, 3.05) is 0 Å². The molecule has 1 aliphatic carbocycles. The molecule has 0 amide bonds. The van der Waals surface area contributed by atoms with Gasteiger partial charge in [-0.2, -0.15) is 8.78 Å². The van der Waals surface area contributed by atoms with Crippen molar-refractivity contribution in [1.29, 1.82) is 0 Å². The van der Waals surface area contributed by atoms with Crippen LogP contribution in [-0.2, 0) is 0 Å². The molecular formula is C13H12F2N2O. The van der Waals surface area contributed by atoms with Crippen LogP contribution in [-0.4, -0.2) is 16.2 Å². The molecule has 94 valence electrons. The number of benzene rings is 1. The Morgan fingerprint density at radius 3 is 2.56 bits per heavy atom. The first kappa shape index (κ1) is 11.2. The lowest BCUT2D eigenvalue weighted by molar-refractivity contribution is -0.0498. The Kier molecular flexibility index (Phi) is 2.74. The molecule has 1 aliphatic rings. The molecule has 0 bridgehead atoms. The number of nitrogens with zero attached hydrogens (tertiary/aromatic N) is 2. The monoisotopic (exact) mass is 250 g/mol. The molecule has 1 aromatic carbocycles. The highest BCUT2D eigenvalue weighted by Gasteiger charge is 2.28. The van der Waals surface area contributed by atoms with Crippen LogP contribution in [0.15, 0.2) is 36.7 Å². The van der Waals surface area contributed by atoms with Crippen LogP contribution in [0.25, 0.3) is 5.69 Å². The third-order valence-electron chi connectivity index (χ3n) is 2.95. The lowest BCUT2D eigenvalue weighted by Gasteiger charge is -2.08. The zero-order valence-electron chi connectivity index (χ0n) is 9.59. The minimum Gasteiger partial charge on any atom is -0.435 e. The van der Waals surface area contributed by atoms with Crippen LogP contribution in [0.3, 0.4) is 0 Å². The largest absolute Gasteiger partial charge is 0.435 e. The van der Waals surface area contributed by atoms with E-state index >= 15 is 0 Å². The van der Waals surface area contributed by atoms with Crippen LogP contribution in [0.5, 0.6) is 5.75 Å². The molecule has 5 heteroatoms. The van der Waals surface area contributed by atoms with E-state index in [4.69, 9.17) is 0 Å². The van der Waals surface area contributed by atoms with Crippen molar-refractivity contribution in [3.05, 3.63) is 42.5 Å². The average molecular weight is 250 g/mol. The SMILES string of the molecule is FC(F)Oc1ccc(-n2ccnc2C2CC2)cc1. The predicted octanol–water partition coefficient (Wildman–Crippen LogP) is 3.35. The van der Waals surface area contributed by atoms with Crippen molar-refractivity contribution in [2.24, 2.45) is 0 Å². The van der Waals surface area contributed by atoms with Crippen molar-refractivity contribution in [1.82, 2.24) is 9.55 Å². The first-order valence-electron chi connectivity index (χ1n) is 5.82. The smallest absolute Gasteiger partial charge is 0.387 e. The highest BCUT2D eigenvalue weighted by Crippen LogP contribution is 2.39. The van der Waals surface area contributed by atoms with Gasteiger partial charge in [-0.1, -0.05) is 0 Å². The van der Waals surface area contributed by atoms with E-state index in [0.717, 1.165) is 11.5 Å². The molecule has 0 N–H and O–H groups in total. The Hall–Kier alpha value is -1.91. The minimum absolute atomic E-state index is 0.168. The Bertz CT molecular complexity index is 532. The number of imidazole rings is 1. The Balaban J connectivity index is 1.85. The van der Waals surface area contributed by atoms with Gasteiger partial charge >= 0.3 is 6.61 Å². The molecule has 3 nitrogen and oxygen atoms in total. The van der Waals surface area contributed by atoms with Crippen molar-refractivity contribution >= 4 is 0 Å². The van der Waals surface area contributed by atoms with E-state index in [-0.39, 0.29) is 5.75 Å². The molecule has 0 aliphatic heterocycles. The molecular weight excluding hydrogens is 238 g/mol. The van der Waals surface area contributed by atoms with E-state index in [1.54, 1.807) is 18.3 Å². The number of rotatable bonds is 4. The van der Waals surface area contributed by atoms with Crippen molar-refractivity contribution in [3.8, 4) is 11.4 Å². The van der Waals surface area contributed by atoms with Gasteiger partial charge in [-0.3, -0.25) is 0 Å². The highest BCUT2D eigenvalue weighted by atomic mass is 19.3. The normalized spacial score (nSPS) is 15.1. The number of aromatic nitrogens is 2. The van der Waals surface area contributed by atoms with Crippen LogP contribution < -0.4 is 4.74 Å². The summed E-state index contributed by atoms with van der Waals surface area (Å²) < 4.78 is 30.4. The van der Waals surface area contributed by atoms with Crippen LogP contribution in [0, 0.1) is 0 Å². The van der Waals surface area contributed by atoms with Crippen molar-refractivity contribution in [2.45, 2.75) is 25.4 Å². The van der Waals surface area contributed by atoms with Gasteiger partial charge in [0.15, 0.2) is 0 Å². The standard InChI is InChI=1S/C13H12F2N2O/c14-13(15)18-11-5-3-10(4-6-11)17-8-7-16-12(17)9-1-2-9/h3-9,13H,1-2H2. The molecule has 0 unspecified atom stereocenters. The van der Waals surface area contributed by atoms with E-state index in [0.29, 0.717) is 5.92 Å². The number of hydrogen-bond acceptors (Lipinski definition) is 2. The minimum atomic E-state index is -2.79. The Labute approximate surface area is 103 Å². The third kappa shape index (κ3) is 2.20. The molecule has 1 aromatic heterocycles. The average Bonchev–Trinajstić information content (AvgIpc) is 3.08. The zero-order chi connectivity index (χ0) is 12.5. The van der Waals surface area contributed by atoms with E-state index < -0.39 is 6.61 Å². The maximum Gasteiger partial charge on any atom is 0.387 e. The fourth-order valence-electron chi connectivity index (χ4n) is 1.97. The molecule has 1 saturated carbocycles. The second-order valence-corrected chi connectivity index (χ2v) is 4.30. The second-order valence-electron chi connectivity index (χ2n) is 4.30. The summed E-state index contributed by atoms with van der Waals surface area (Å²) in [6, 6.07) is 6.59. The van der Waals surface area contributed by atoms with Crippen molar-refractivity contribution in [3.63, 3.8) is 0 Å². The summed E-state index contributed by atoms with van der Waals surface area (Å²) in [7, 11) is 0. The second kappa shape index (κ2) is 4.40. The molecule has 2 aromatic rings. The molecule has 0 saturated heterocycles. The van der Waals surface area contributed by atoms with E-state index in [2.05, 4.69) is 9.72 Å². The molecule has 18 heavy (non-hydrogen) atoms. The fourth-order valence-corrected chi connectivity index (χ4v) is 1.97. The van der Waals surface area contributed by atoms with Gasteiger partial charge in [-0.25, -0.2) is 4.98 Å². The van der Waals surface area contributed by atoms with Crippen LogP contribution in [0.4, 0.5) is 8.78 Å². The van der Waals surface area contributed by atoms with Crippen LogP contribution in [0.1, 0.15) is 24.6 Å². The van der Waals surface area contributed by atoms with E-state index in [9.17, 15) is 8.78 Å². The van der Waals surface area contributed by atoms with Gasteiger partial charge in [-0.15, -0.1) is 0 Å². The topological polar surface area (TPSA) is 27.1 Å². The highest BCUT2D eigenvalue weighted by molar-refractivity contribution is 5.39. The Morgan fingerprint density at radius 1 is 1.22 bits per heavy atom. The molecule has 0 radical (unpaired) electrons. The van der Waals surface area contributed by atoms with Gasteiger partial charge in [0.2, 0.25) is 0 Å². The Morgan fingerprint density at radius 2 is 1.94 bits per heavy atom. The third-order valence-corrected chi connectivity index (χ3v) is 2.95. The van der Waals surface area contributed by atoms with Crippen LogP contribution >= 0.6 is 0 Å². The quantitative estimate of drug-likeness (QED) is 0.832.